The molecule has 0 heterocycles. The number of hydrogen-bond donors (Lipinski definition) is 1. The highest BCUT2D eigenvalue weighted by Gasteiger charge is 2.05. The van der Waals surface area contributed by atoms with E-state index >= 15 is 0 Å². The third kappa shape index (κ3) is 4.76. The fourth-order valence-electron chi connectivity index (χ4n) is 2.05. The zero-order chi connectivity index (χ0) is 15.1. The summed E-state index contributed by atoms with van der Waals surface area (Å²) in [4.78, 5) is 0. The lowest BCUT2D eigenvalue weighted by Crippen LogP contribution is -2.12. The van der Waals surface area contributed by atoms with Gasteiger partial charge in [-0.1, -0.05) is 34.1 Å². The first-order valence-corrected chi connectivity index (χ1v) is 7.77. The second kappa shape index (κ2) is 8.05. The van der Waals surface area contributed by atoms with Crippen LogP contribution in [0.2, 0.25) is 0 Å². The van der Waals surface area contributed by atoms with Gasteiger partial charge in [-0.3, -0.25) is 0 Å². The predicted octanol–water partition coefficient (Wildman–Crippen LogP) is 4.15. The summed E-state index contributed by atoms with van der Waals surface area (Å²) >= 11 is 3.44. The van der Waals surface area contributed by atoms with Crippen LogP contribution >= 0.6 is 15.9 Å². The van der Waals surface area contributed by atoms with E-state index < -0.39 is 0 Å². The normalized spacial score (nSPS) is 10.4. The molecule has 0 amide bonds. The van der Waals surface area contributed by atoms with Gasteiger partial charge in [-0.15, -0.1) is 0 Å². The van der Waals surface area contributed by atoms with E-state index in [0.717, 1.165) is 29.1 Å². The quantitative estimate of drug-likeness (QED) is 0.814. The van der Waals surface area contributed by atoms with Gasteiger partial charge in [0.25, 0.3) is 0 Å². The van der Waals surface area contributed by atoms with E-state index in [-0.39, 0.29) is 0 Å². The summed E-state index contributed by atoms with van der Waals surface area (Å²) in [5, 5.41) is 3.43. The monoisotopic (exact) mass is 349 g/mol. The van der Waals surface area contributed by atoms with E-state index in [1.165, 1.54) is 11.1 Å². The van der Waals surface area contributed by atoms with Gasteiger partial charge in [0.05, 0.1) is 13.7 Å². The van der Waals surface area contributed by atoms with Crippen LogP contribution in [0.4, 0.5) is 0 Å². The summed E-state index contributed by atoms with van der Waals surface area (Å²) in [5.74, 6) is 1.57. The molecule has 0 aromatic heterocycles. The summed E-state index contributed by atoms with van der Waals surface area (Å²) < 4.78 is 12.0. The molecule has 2 rings (SSSR count). The largest absolute Gasteiger partial charge is 0.493 e. The molecule has 3 nitrogen and oxygen atoms in total. The summed E-state index contributed by atoms with van der Waals surface area (Å²) in [5.41, 5.74) is 2.44. The molecular weight excluding hydrogens is 330 g/mol. The van der Waals surface area contributed by atoms with Crippen LogP contribution in [-0.2, 0) is 13.1 Å². The molecule has 0 spiro atoms. The minimum Gasteiger partial charge on any atom is -0.493 e. The third-order valence-corrected chi connectivity index (χ3v) is 3.63. The second-order valence-electron chi connectivity index (χ2n) is 4.65. The van der Waals surface area contributed by atoms with Gasteiger partial charge in [-0.05, 0) is 42.3 Å². The van der Waals surface area contributed by atoms with Crippen LogP contribution in [0.1, 0.15) is 18.1 Å². The van der Waals surface area contributed by atoms with Crippen molar-refractivity contribution in [3.63, 3.8) is 0 Å². The van der Waals surface area contributed by atoms with Gasteiger partial charge in [0, 0.05) is 17.6 Å². The lowest BCUT2D eigenvalue weighted by molar-refractivity contribution is 0.310. The van der Waals surface area contributed by atoms with Gasteiger partial charge >= 0.3 is 0 Å². The Morgan fingerprint density at radius 3 is 2.29 bits per heavy atom. The molecule has 112 valence electrons. The van der Waals surface area contributed by atoms with E-state index in [4.69, 9.17) is 9.47 Å². The summed E-state index contributed by atoms with van der Waals surface area (Å²) in [6.45, 7) is 4.23. The fraction of sp³-hybridized carbons (Fsp3) is 0.294. The maximum atomic E-state index is 5.59. The van der Waals surface area contributed by atoms with Crippen molar-refractivity contribution in [3.8, 4) is 11.5 Å². The highest BCUT2D eigenvalue weighted by atomic mass is 79.9. The van der Waals surface area contributed by atoms with E-state index in [2.05, 4.69) is 51.6 Å². The molecule has 0 aliphatic carbocycles. The van der Waals surface area contributed by atoms with Crippen molar-refractivity contribution in [2.24, 2.45) is 0 Å². The molecule has 0 fully saturated rings. The molecule has 0 aliphatic heterocycles. The first-order chi connectivity index (χ1) is 10.2. The van der Waals surface area contributed by atoms with Gasteiger partial charge in [0.15, 0.2) is 11.5 Å². The van der Waals surface area contributed by atoms with Crippen molar-refractivity contribution < 1.29 is 9.47 Å². The molecule has 0 radical (unpaired) electrons. The number of rotatable bonds is 7. The number of benzene rings is 2. The number of hydrogen-bond acceptors (Lipinski definition) is 3. The first kappa shape index (κ1) is 15.9. The smallest absolute Gasteiger partial charge is 0.161 e. The maximum absolute atomic E-state index is 5.59. The van der Waals surface area contributed by atoms with Crippen LogP contribution in [-0.4, -0.2) is 13.7 Å². The maximum Gasteiger partial charge on any atom is 0.161 e. The van der Waals surface area contributed by atoms with Gasteiger partial charge in [-0.2, -0.15) is 0 Å². The summed E-state index contributed by atoms with van der Waals surface area (Å²) in [7, 11) is 1.66. The molecule has 2 aromatic carbocycles. The summed E-state index contributed by atoms with van der Waals surface area (Å²) in [6.07, 6.45) is 0. The van der Waals surface area contributed by atoms with Crippen LogP contribution in [0, 0.1) is 0 Å². The van der Waals surface area contributed by atoms with Gasteiger partial charge in [0.2, 0.25) is 0 Å². The van der Waals surface area contributed by atoms with Crippen molar-refractivity contribution in [1.29, 1.82) is 0 Å². The Kier molecular flexibility index (Phi) is 6.08. The van der Waals surface area contributed by atoms with Crippen LogP contribution < -0.4 is 14.8 Å². The molecule has 2 aromatic rings. The van der Waals surface area contributed by atoms with E-state index in [0.29, 0.717) is 6.61 Å². The zero-order valence-corrected chi connectivity index (χ0v) is 13.9. The molecule has 21 heavy (non-hydrogen) atoms. The topological polar surface area (TPSA) is 30.5 Å². The average molecular weight is 350 g/mol. The number of nitrogens with one attached hydrogen (secondary N) is 1. The minimum atomic E-state index is 0.631. The molecule has 0 saturated carbocycles. The average Bonchev–Trinajstić information content (AvgIpc) is 2.50. The molecule has 4 heteroatoms. The lowest BCUT2D eigenvalue weighted by Gasteiger charge is -2.11. The molecule has 1 N–H and O–H groups in total. The molecule has 0 atom stereocenters. The number of ether oxygens (including phenoxy) is 2. The Morgan fingerprint density at radius 2 is 1.62 bits per heavy atom. The zero-order valence-electron chi connectivity index (χ0n) is 12.4. The van der Waals surface area contributed by atoms with Crippen LogP contribution in [0.15, 0.2) is 46.9 Å². The molecule has 0 unspecified atom stereocenters. The first-order valence-electron chi connectivity index (χ1n) is 6.97. The van der Waals surface area contributed by atoms with Crippen LogP contribution in [0.3, 0.4) is 0 Å². The Morgan fingerprint density at radius 1 is 0.952 bits per heavy atom. The highest BCUT2D eigenvalue weighted by Crippen LogP contribution is 2.28. The van der Waals surface area contributed by atoms with Crippen LogP contribution in [0.25, 0.3) is 0 Å². The Labute approximate surface area is 134 Å². The molecule has 0 saturated heterocycles. The standard InChI is InChI=1S/C17H20BrNO2/c1-3-21-17-10-14(6-9-16(17)20-2)12-19-11-13-4-7-15(18)8-5-13/h4-10,19H,3,11-12H2,1-2H3. The van der Waals surface area contributed by atoms with E-state index in [9.17, 15) is 0 Å². The Balaban J connectivity index is 1.93. The van der Waals surface area contributed by atoms with Gasteiger partial charge in [-0.25, -0.2) is 0 Å². The van der Waals surface area contributed by atoms with Crippen molar-refractivity contribution >= 4 is 15.9 Å². The van der Waals surface area contributed by atoms with Crippen LogP contribution in [0.5, 0.6) is 11.5 Å². The summed E-state index contributed by atoms with van der Waals surface area (Å²) in [6, 6.07) is 14.3. The van der Waals surface area contributed by atoms with E-state index in [1.807, 2.05) is 19.1 Å². The number of methoxy groups -OCH3 is 1. The van der Waals surface area contributed by atoms with Crippen molar-refractivity contribution in [3.05, 3.63) is 58.1 Å². The fourth-order valence-corrected chi connectivity index (χ4v) is 2.32. The Bertz CT molecular complexity index is 570. The number of halogens is 1. The lowest BCUT2D eigenvalue weighted by atomic mass is 10.2. The third-order valence-electron chi connectivity index (χ3n) is 3.10. The van der Waals surface area contributed by atoms with Crippen molar-refractivity contribution in [2.45, 2.75) is 20.0 Å². The second-order valence-corrected chi connectivity index (χ2v) is 5.56. The van der Waals surface area contributed by atoms with Gasteiger partial charge in [0.1, 0.15) is 0 Å². The van der Waals surface area contributed by atoms with Crippen molar-refractivity contribution in [1.82, 2.24) is 5.32 Å². The molecule has 0 aliphatic rings. The van der Waals surface area contributed by atoms with Gasteiger partial charge < -0.3 is 14.8 Å². The van der Waals surface area contributed by atoms with E-state index in [1.54, 1.807) is 7.11 Å². The van der Waals surface area contributed by atoms with Crippen molar-refractivity contribution in [2.75, 3.05) is 13.7 Å². The predicted molar refractivity (Wildman–Crippen MR) is 88.8 cm³/mol. The SMILES string of the molecule is CCOc1cc(CNCc2ccc(Br)cc2)ccc1OC. The molecular formula is C17H20BrNO2. The highest BCUT2D eigenvalue weighted by molar-refractivity contribution is 9.10. The minimum absolute atomic E-state index is 0.631. The Hall–Kier alpha value is -1.52. The molecule has 0 bridgehead atoms.